The highest BCUT2D eigenvalue weighted by atomic mass is 79.9. The fourth-order valence-electron chi connectivity index (χ4n) is 2.08. The Morgan fingerprint density at radius 1 is 1.08 bits per heavy atom. The van der Waals surface area contributed by atoms with Crippen LogP contribution in [0.2, 0.25) is 15.1 Å². The predicted octanol–water partition coefficient (Wildman–Crippen LogP) is 6.12. The van der Waals surface area contributed by atoms with E-state index in [0.717, 1.165) is 11.1 Å². The molecule has 26 heavy (non-hydrogen) atoms. The minimum absolute atomic E-state index is 0.00784. The van der Waals surface area contributed by atoms with E-state index in [2.05, 4.69) is 26.1 Å². The Hall–Kier alpha value is -1.73. The Morgan fingerprint density at radius 2 is 1.88 bits per heavy atom. The van der Waals surface area contributed by atoms with E-state index >= 15 is 0 Å². The van der Waals surface area contributed by atoms with Crippen LogP contribution in [0.3, 0.4) is 0 Å². The lowest BCUT2D eigenvalue weighted by Crippen LogP contribution is -1.98. The molecule has 0 radical (unpaired) electrons. The topological polar surface area (TPSA) is 74.2 Å². The number of anilines is 1. The van der Waals surface area contributed by atoms with E-state index in [0.29, 0.717) is 31.2 Å². The first-order valence-electron chi connectivity index (χ1n) is 7.25. The van der Waals surface area contributed by atoms with Crippen LogP contribution in [0.1, 0.15) is 17.0 Å². The highest BCUT2D eigenvalue weighted by molar-refractivity contribution is 9.10. The van der Waals surface area contributed by atoms with Crippen molar-refractivity contribution in [2.24, 2.45) is 0 Å². The largest absolute Gasteiger partial charge is 0.486 e. The highest BCUT2D eigenvalue weighted by Crippen LogP contribution is 2.36. The molecule has 0 unspecified atom stereocenters. The van der Waals surface area contributed by atoms with Crippen LogP contribution in [-0.4, -0.2) is 10.2 Å². The molecule has 0 spiro atoms. The van der Waals surface area contributed by atoms with Gasteiger partial charge in [-0.05, 0) is 51.8 Å². The van der Waals surface area contributed by atoms with Gasteiger partial charge in [0.2, 0.25) is 5.89 Å². The second-order valence-electron chi connectivity index (χ2n) is 5.15. The number of rotatable bonds is 5. The number of halogens is 4. The van der Waals surface area contributed by atoms with Gasteiger partial charge < -0.3 is 14.9 Å². The van der Waals surface area contributed by atoms with Crippen molar-refractivity contribution in [3.05, 3.63) is 66.9 Å². The maximum atomic E-state index is 6.34. The molecule has 3 aromatic rings. The van der Waals surface area contributed by atoms with Gasteiger partial charge in [-0.25, -0.2) is 0 Å². The summed E-state index contributed by atoms with van der Waals surface area (Å²) in [4.78, 5) is 0. The molecule has 2 N–H and O–H groups in total. The maximum absolute atomic E-state index is 6.34. The maximum Gasteiger partial charge on any atom is 0.313 e. The molecule has 1 heterocycles. The van der Waals surface area contributed by atoms with Gasteiger partial charge in [0.1, 0.15) is 6.61 Å². The van der Waals surface area contributed by atoms with Gasteiger partial charge in [0.25, 0.3) is 0 Å². The zero-order valence-electron chi connectivity index (χ0n) is 13.0. The number of nitrogens with two attached hydrogens (primary N) is 1. The third-order valence-electron chi connectivity index (χ3n) is 3.28. The molecule has 0 aliphatic heterocycles. The summed E-state index contributed by atoms with van der Waals surface area (Å²) in [5.41, 5.74) is 7.00. The van der Waals surface area contributed by atoms with Gasteiger partial charge in [0.05, 0.1) is 9.50 Å². The van der Waals surface area contributed by atoms with E-state index in [9.17, 15) is 0 Å². The van der Waals surface area contributed by atoms with Crippen LogP contribution in [0, 0.1) is 0 Å². The summed E-state index contributed by atoms with van der Waals surface area (Å²) in [5, 5.41) is 8.87. The number of ether oxygens (including phenoxy) is 1. The molecule has 0 bridgehead atoms. The summed E-state index contributed by atoms with van der Waals surface area (Å²) >= 11 is 21.9. The Bertz CT molecular complexity index is 953. The van der Waals surface area contributed by atoms with E-state index in [1.165, 1.54) is 0 Å². The number of nitrogen functional groups attached to an aromatic ring is 1. The molecule has 1 aromatic heterocycles. The van der Waals surface area contributed by atoms with Crippen LogP contribution in [0.5, 0.6) is 5.75 Å². The van der Waals surface area contributed by atoms with E-state index in [1.807, 2.05) is 6.07 Å². The Morgan fingerprint density at radius 3 is 2.54 bits per heavy atom. The van der Waals surface area contributed by atoms with E-state index in [1.54, 1.807) is 36.4 Å². The molecule has 0 aliphatic rings. The van der Waals surface area contributed by atoms with Gasteiger partial charge in [-0.1, -0.05) is 46.0 Å². The van der Waals surface area contributed by atoms with E-state index in [-0.39, 0.29) is 12.6 Å². The van der Waals surface area contributed by atoms with E-state index in [4.69, 9.17) is 49.7 Å². The van der Waals surface area contributed by atoms with Crippen LogP contribution < -0.4 is 10.5 Å². The van der Waals surface area contributed by atoms with Crippen molar-refractivity contribution in [2.75, 3.05) is 5.73 Å². The smallest absolute Gasteiger partial charge is 0.313 e. The summed E-state index contributed by atoms with van der Waals surface area (Å²) in [5.74, 6) is 0.810. The highest BCUT2D eigenvalue weighted by Gasteiger charge is 2.10. The first-order valence-corrected chi connectivity index (χ1v) is 9.18. The monoisotopic (exact) mass is 473 g/mol. The molecule has 0 fully saturated rings. The van der Waals surface area contributed by atoms with Gasteiger partial charge in [0.15, 0.2) is 5.75 Å². The van der Waals surface area contributed by atoms with Gasteiger partial charge in [-0.15, -0.1) is 5.10 Å². The van der Waals surface area contributed by atoms with Crippen LogP contribution in [0.25, 0.3) is 12.2 Å². The lowest BCUT2D eigenvalue weighted by Gasteiger charge is -2.12. The second-order valence-corrected chi connectivity index (χ2v) is 7.26. The van der Waals surface area contributed by atoms with Crippen molar-refractivity contribution in [1.29, 1.82) is 0 Å². The Kier molecular flexibility index (Phi) is 6.09. The van der Waals surface area contributed by atoms with Crippen molar-refractivity contribution in [1.82, 2.24) is 10.2 Å². The molecule has 0 aliphatic carbocycles. The molecule has 9 heteroatoms. The van der Waals surface area contributed by atoms with Gasteiger partial charge in [-0.3, -0.25) is 0 Å². The number of hydrogen-bond donors (Lipinski definition) is 1. The Labute approximate surface area is 172 Å². The Balaban J connectivity index is 1.75. The molecule has 0 saturated carbocycles. The third-order valence-corrected chi connectivity index (χ3v) is 4.74. The van der Waals surface area contributed by atoms with Crippen molar-refractivity contribution in [3.63, 3.8) is 0 Å². The van der Waals surface area contributed by atoms with Crippen LogP contribution in [-0.2, 0) is 6.61 Å². The predicted molar refractivity (Wildman–Crippen MR) is 108 cm³/mol. The van der Waals surface area contributed by atoms with E-state index < -0.39 is 0 Å². The first-order chi connectivity index (χ1) is 12.4. The third kappa shape index (κ3) is 4.71. The first kappa shape index (κ1) is 19.0. The average molecular weight is 476 g/mol. The molecular weight excluding hydrogens is 464 g/mol. The quantitative estimate of drug-likeness (QED) is 0.481. The van der Waals surface area contributed by atoms with Crippen molar-refractivity contribution in [3.8, 4) is 5.75 Å². The summed E-state index contributed by atoms with van der Waals surface area (Å²) in [6.45, 7) is 0.255. The van der Waals surface area contributed by atoms with Gasteiger partial charge in [0, 0.05) is 21.7 Å². The van der Waals surface area contributed by atoms with Gasteiger partial charge in [-0.2, -0.15) is 0 Å². The molecular formula is C17H11BrCl3N3O2. The summed E-state index contributed by atoms with van der Waals surface area (Å²) in [6, 6.07) is 8.83. The summed E-state index contributed by atoms with van der Waals surface area (Å²) < 4.78 is 11.6. The molecule has 3 rings (SSSR count). The lowest BCUT2D eigenvalue weighted by atomic mass is 10.2. The molecule has 5 nitrogen and oxygen atoms in total. The second kappa shape index (κ2) is 8.31. The fraction of sp³-hybridized carbons (Fsp3) is 0.0588. The summed E-state index contributed by atoms with van der Waals surface area (Å²) in [7, 11) is 0. The van der Waals surface area contributed by atoms with Crippen molar-refractivity contribution >= 4 is 68.9 Å². The molecule has 2 aromatic carbocycles. The minimum atomic E-state index is 0.00784. The number of nitrogens with zero attached hydrogens (tertiary/aromatic N) is 2. The van der Waals surface area contributed by atoms with Crippen LogP contribution in [0.4, 0.5) is 6.01 Å². The van der Waals surface area contributed by atoms with Crippen molar-refractivity contribution in [2.45, 2.75) is 6.61 Å². The molecule has 134 valence electrons. The molecule has 0 amide bonds. The van der Waals surface area contributed by atoms with Crippen molar-refractivity contribution < 1.29 is 9.15 Å². The van der Waals surface area contributed by atoms with Gasteiger partial charge >= 0.3 is 6.01 Å². The normalized spacial score (nSPS) is 11.2. The van der Waals surface area contributed by atoms with Crippen LogP contribution in [0.15, 0.2) is 39.2 Å². The average Bonchev–Trinajstić information content (AvgIpc) is 2.99. The van der Waals surface area contributed by atoms with Crippen LogP contribution >= 0.6 is 50.7 Å². The zero-order chi connectivity index (χ0) is 18.7. The molecule has 0 atom stereocenters. The molecule has 0 saturated heterocycles. The number of aromatic nitrogens is 2. The number of benzene rings is 2. The standard InChI is InChI=1S/C17H11BrCl3N3O2/c18-12-5-9(1-4-15-23-24-17(22)26-15)6-14(21)16(12)25-8-10-2-3-11(19)7-13(10)20/h1-7H,8H2,(H2,22,24)/b4-1+. The minimum Gasteiger partial charge on any atom is -0.486 e. The lowest BCUT2D eigenvalue weighted by molar-refractivity contribution is 0.304. The number of hydrogen-bond acceptors (Lipinski definition) is 5. The SMILES string of the molecule is Nc1nnc(/C=C/c2cc(Cl)c(OCc3ccc(Cl)cc3Cl)c(Br)c2)o1. The zero-order valence-corrected chi connectivity index (χ0v) is 16.9. The summed E-state index contributed by atoms with van der Waals surface area (Å²) in [6.07, 6.45) is 3.40. The fourth-order valence-corrected chi connectivity index (χ4v) is 3.54.